The molecule has 3 rings (SSSR count). The van der Waals surface area contributed by atoms with Crippen LogP contribution < -0.4 is 5.32 Å². The third kappa shape index (κ3) is 8.07. The van der Waals surface area contributed by atoms with Crippen LogP contribution in [0, 0.1) is 12.7 Å². The van der Waals surface area contributed by atoms with E-state index in [1.807, 2.05) is 0 Å². The number of halogens is 4. The lowest BCUT2D eigenvalue weighted by Gasteiger charge is -2.28. The molecule has 1 aromatic heterocycles. The second kappa shape index (κ2) is 12.4. The number of methoxy groups -OCH3 is 1. The van der Waals surface area contributed by atoms with Crippen LogP contribution >= 0.6 is 0 Å². The Hall–Kier alpha value is -3.86. The van der Waals surface area contributed by atoms with Crippen molar-refractivity contribution in [2.24, 2.45) is 0 Å². The summed E-state index contributed by atoms with van der Waals surface area (Å²) < 4.78 is 64.1. The number of urea groups is 1. The summed E-state index contributed by atoms with van der Waals surface area (Å²) in [6, 6.07) is 12.7. The minimum Gasteiger partial charge on any atom is -0.464 e. The van der Waals surface area contributed by atoms with Gasteiger partial charge in [-0.1, -0.05) is 24.3 Å². The monoisotopic (exact) mass is 521 g/mol. The molecule has 0 atom stereocenters. The second-order valence-corrected chi connectivity index (χ2v) is 8.28. The van der Waals surface area contributed by atoms with Gasteiger partial charge in [0.25, 0.3) is 0 Å². The molecule has 0 aliphatic rings. The third-order valence-corrected chi connectivity index (χ3v) is 5.43. The number of amides is 3. The maximum Gasteiger partial charge on any atom is 0.418 e. The van der Waals surface area contributed by atoms with Crippen molar-refractivity contribution in [3.05, 3.63) is 89.1 Å². The highest BCUT2D eigenvalue weighted by Gasteiger charge is 2.34. The van der Waals surface area contributed by atoms with Crippen molar-refractivity contribution in [1.29, 1.82) is 0 Å². The molecular formula is C26H27F4N3O4. The molecule has 37 heavy (non-hydrogen) atoms. The number of nitrogens with one attached hydrogen (secondary N) is 1. The molecule has 3 amide bonds. The fourth-order valence-electron chi connectivity index (χ4n) is 3.55. The summed E-state index contributed by atoms with van der Waals surface area (Å²) in [7, 11) is 1.40. The predicted molar refractivity (Wildman–Crippen MR) is 128 cm³/mol. The molecule has 0 radical (unpaired) electrons. The van der Waals surface area contributed by atoms with Crippen molar-refractivity contribution < 1.29 is 36.3 Å². The number of benzene rings is 2. The van der Waals surface area contributed by atoms with Crippen LogP contribution in [0.15, 0.2) is 65.1 Å². The zero-order valence-electron chi connectivity index (χ0n) is 20.3. The van der Waals surface area contributed by atoms with Gasteiger partial charge >= 0.3 is 12.2 Å². The Morgan fingerprint density at radius 2 is 1.68 bits per heavy atom. The van der Waals surface area contributed by atoms with E-state index in [1.165, 1.54) is 48.4 Å². The van der Waals surface area contributed by atoms with E-state index in [0.29, 0.717) is 17.1 Å². The number of aryl methyl sites for hydroxylation is 1. The highest BCUT2D eigenvalue weighted by atomic mass is 19.4. The summed E-state index contributed by atoms with van der Waals surface area (Å²) >= 11 is 0. The summed E-state index contributed by atoms with van der Waals surface area (Å²) in [5.41, 5.74) is -0.790. The summed E-state index contributed by atoms with van der Waals surface area (Å²) in [5, 5.41) is 2.26. The first-order valence-electron chi connectivity index (χ1n) is 11.4. The van der Waals surface area contributed by atoms with E-state index >= 15 is 0 Å². The largest absolute Gasteiger partial charge is 0.464 e. The lowest BCUT2D eigenvalue weighted by Crippen LogP contribution is -2.45. The predicted octanol–water partition coefficient (Wildman–Crippen LogP) is 5.46. The van der Waals surface area contributed by atoms with Gasteiger partial charge in [0.2, 0.25) is 5.91 Å². The summed E-state index contributed by atoms with van der Waals surface area (Å²) in [6.07, 6.45) is -4.68. The van der Waals surface area contributed by atoms with E-state index in [4.69, 9.17) is 9.15 Å². The van der Waals surface area contributed by atoms with Gasteiger partial charge in [0.15, 0.2) is 0 Å². The topological polar surface area (TPSA) is 75.0 Å². The molecule has 11 heteroatoms. The molecule has 0 saturated heterocycles. The molecule has 198 valence electrons. The van der Waals surface area contributed by atoms with Crippen LogP contribution in [-0.4, -0.2) is 48.5 Å². The molecule has 3 aromatic rings. The number of carbonyl (C=O) groups excluding carboxylic acids is 2. The third-order valence-electron chi connectivity index (χ3n) is 5.43. The standard InChI is InChI=1S/C26H27F4N3O4/c1-18-7-12-21(37-18)16-33(15-19-8-10-20(27)11-9-19)24(34)17-32(13-14-36-2)25(35)31-23-6-4-3-5-22(23)26(28,29)30/h3-12H,13-17H2,1-2H3,(H,31,35). The fourth-order valence-corrected chi connectivity index (χ4v) is 3.55. The Morgan fingerprint density at radius 1 is 0.973 bits per heavy atom. The number of hydrogen-bond acceptors (Lipinski definition) is 4. The van der Waals surface area contributed by atoms with Crippen molar-refractivity contribution >= 4 is 17.6 Å². The van der Waals surface area contributed by atoms with Crippen LogP contribution in [-0.2, 0) is 28.8 Å². The Labute approximate surface area is 211 Å². The van der Waals surface area contributed by atoms with Crippen molar-refractivity contribution in [3.63, 3.8) is 0 Å². The van der Waals surface area contributed by atoms with Crippen molar-refractivity contribution in [2.45, 2.75) is 26.2 Å². The van der Waals surface area contributed by atoms with Crippen LogP contribution in [0.25, 0.3) is 0 Å². The number of anilines is 1. The van der Waals surface area contributed by atoms with Gasteiger partial charge in [0.05, 0.1) is 24.4 Å². The molecule has 0 unspecified atom stereocenters. The average Bonchev–Trinajstić information content (AvgIpc) is 3.26. The lowest BCUT2D eigenvalue weighted by molar-refractivity contribution is -0.137. The molecule has 0 fully saturated rings. The quantitative estimate of drug-likeness (QED) is 0.360. The van der Waals surface area contributed by atoms with Crippen LogP contribution in [0.3, 0.4) is 0 Å². The first-order valence-corrected chi connectivity index (χ1v) is 11.4. The van der Waals surface area contributed by atoms with E-state index in [2.05, 4.69) is 5.32 Å². The van der Waals surface area contributed by atoms with Gasteiger partial charge in [0, 0.05) is 20.2 Å². The highest BCUT2D eigenvalue weighted by Crippen LogP contribution is 2.34. The zero-order valence-corrected chi connectivity index (χ0v) is 20.3. The second-order valence-electron chi connectivity index (χ2n) is 8.28. The minimum absolute atomic E-state index is 0.0491. The van der Waals surface area contributed by atoms with Gasteiger partial charge in [-0.05, 0) is 48.9 Å². The smallest absolute Gasteiger partial charge is 0.418 e. The van der Waals surface area contributed by atoms with Crippen LogP contribution in [0.2, 0.25) is 0 Å². The van der Waals surface area contributed by atoms with E-state index in [0.717, 1.165) is 17.0 Å². The van der Waals surface area contributed by atoms with Gasteiger partial charge in [-0.15, -0.1) is 0 Å². The maximum atomic E-state index is 13.4. The normalized spacial score (nSPS) is 11.3. The van der Waals surface area contributed by atoms with Crippen molar-refractivity contribution in [2.75, 3.05) is 32.1 Å². The Kier molecular flexibility index (Phi) is 9.29. The Morgan fingerprint density at radius 3 is 2.30 bits per heavy atom. The van der Waals surface area contributed by atoms with E-state index in [1.54, 1.807) is 19.1 Å². The number of nitrogens with zero attached hydrogens (tertiary/aromatic N) is 2. The molecular weight excluding hydrogens is 494 g/mol. The molecule has 0 aliphatic carbocycles. The van der Waals surface area contributed by atoms with Crippen LogP contribution in [0.1, 0.15) is 22.6 Å². The molecule has 0 spiro atoms. The Bertz CT molecular complexity index is 1200. The summed E-state index contributed by atoms with van der Waals surface area (Å²) in [5.74, 6) is 0.229. The number of alkyl halides is 3. The number of para-hydroxylation sites is 1. The molecule has 0 bridgehead atoms. The number of rotatable bonds is 10. The molecule has 2 aromatic carbocycles. The van der Waals surface area contributed by atoms with Crippen LogP contribution in [0.4, 0.5) is 28.0 Å². The summed E-state index contributed by atoms with van der Waals surface area (Å²) in [4.78, 5) is 28.8. The van der Waals surface area contributed by atoms with Crippen LogP contribution in [0.5, 0.6) is 0 Å². The number of hydrogen-bond donors (Lipinski definition) is 1. The van der Waals surface area contributed by atoms with Crippen molar-refractivity contribution in [1.82, 2.24) is 9.80 Å². The molecule has 0 saturated carbocycles. The van der Waals surface area contributed by atoms with E-state index in [9.17, 15) is 27.2 Å². The van der Waals surface area contributed by atoms with E-state index in [-0.39, 0.29) is 26.2 Å². The van der Waals surface area contributed by atoms with Gasteiger partial charge < -0.3 is 24.3 Å². The van der Waals surface area contributed by atoms with Crippen molar-refractivity contribution in [3.8, 4) is 0 Å². The first kappa shape index (κ1) is 27.7. The van der Waals surface area contributed by atoms with Gasteiger partial charge in [-0.2, -0.15) is 13.2 Å². The summed E-state index contributed by atoms with van der Waals surface area (Å²) in [6.45, 7) is 1.48. The number of ether oxygens (including phenoxy) is 1. The molecule has 0 aliphatic heterocycles. The average molecular weight is 522 g/mol. The zero-order chi connectivity index (χ0) is 27.0. The fraction of sp³-hybridized carbons (Fsp3) is 0.308. The number of furan rings is 1. The first-order chi connectivity index (χ1) is 17.6. The lowest BCUT2D eigenvalue weighted by atomic mass is 10.1. The van der Waals surface area contributed by atoms with E-state index < -0.39 is 41.7 Å². The molecule has 1 N–H and O–H groups in total. The molecule has 1 heterocycles. The minimum atomic E-state index is -4.68. The SMILES string of the molecule is COCCN(CC(=O)N(Cc1ccc(F)cc1)Cc1ccc(C)o1)C(=O)Nc1ccccc1C(F)(F)F. The van der Waals surface area contributed by atoms with Gasteiger partial charge in [-0.3, -0.25) is 4.79 Å². The number of carbonyl (C=O) groups is 2. The van der Waals surface area contributed by atoms with Gasteiger partial charge in [-0.25, -0.2) is 9.18 Å². The molecule has 7 nitrogen and oxygen atoms in total. The van der Waals surface area contributed by atoms with Gasteiger partial charge in [0.1, 0.15) is 23.9 Å². The highest BCUT2D eigenvalue weighted by molar-refractivity contribution is 5.93. The maximum absolute atomic E-state index is 13.4. The Balaban J connectivity index is 1.81.